The third-order valence-corrected chi connectivity index (χ3v) is 3.82. The molecule has 0 bridgehead atoms. The van der Waals surface area contributed by atoms with E-state index in [1.807, 2.05) is 30.3 Å². The number of piperidine rings is 1. The van der Waals surface area contributed by atoms with E-state index in [2.05, 4.69) is 5.32 Å². The maximum atomic E-state index is 11.9. The Kier molecular flexibility index (Phi) is 6.21. The maximum absolute atomic E-state index is 11.9. The van der Waals surface area contributed by atoms with Gasteiger partial charge in [-0.2, -0.15) is 0 Å². The van der Waals surface area contributed by atoms with E-state index in [1.54, 1.807) is 4.90 Å². The van der Waals surface area contributed by atoms with E-state index < -0.39 is 0 Å². The molecule has 0 unspecified atom stereocenters. The Labute approximate surface area is 130 Å². The van der Waals surface area contributed by atoms with Gasteiger partial charge in [-0.3, -0.25) is 9.59 Å². The molecule has 22 heavy (non-hydrogen) atoms. The van der Waals surface area contributed by atoms with E-state index in [0.717, 1.165) is 18.6 Å². The molecule has 0 spiro atoms. The number of nitrogens with zero attached hydrogens (tertiary/aromatic N) is 1. The molecule has 1 aromatic carbocycles. The van der Waals surface area contributed by atoms with Crippen LogP contribution in [0.2, 0.25) is 0 Å². The zero-order valence-electron chi connectivity index (χ0n) is 12.7. The van der Waals surface area contributed by atoms with Crippen molar-refractivity contribution in [3.8, 4) is 5.75 Å². The lowest BCUT2D eigenvalue weighted by Crippen LogP contribution is -2.45. The molecule has 6 heteroatoms. The van der Waals surface area contributed by atoms with Gasteiger partial charge in [0.2, 0.25) is 11.8 Å². The summed E-state index contributed by atoms with van der Waals surface area (Å²) in [6.07, 6.45) is 1.84. The van der Waals surface area contributed by atoms with Crippen LogP contribution in [0.15, 0.2) is 30.3 Å². The van der Waals surface area contributed by atoms with Crippen molar-refractivity contribution in [1.29, 1.82) is 0 Å². The number of ether oxygens (including phenoxy) is 1. The standard InChI is InChI=1S/C16H23N3O3/c17-10-15(20)18-11-16(21)19-8-6-13(7-9-19)12-22-14-4-2-1-3-5-14/h1-5,13H,6-12,17H2,(H,18,20). The summed E-state index contributed by atoms with van der Waals surface area (Å²) < 4.78 is 5.76. The van der Waals surface area contributed by atoms with E-state index in [0.29, 0.717) is 25.6 Å². The topological polar surface area (TPSA) is 84.7 Å². The van der Waals surface area contributed by atoms with Crippen LogP contribution in [0.3, 0.4) is 0 Å². The summed E-state index contributed by atoms with van der Waals surface area (Å²) in [7, 11) is 0. The normalized spacial score (nSPS) is 15.4. The Balaban J connectivity index is 1.67. The van der Waals surface area contributed by atoms with Gasteiger partial charge in [-0.1, -0.05) is 18.2 Å². The van der Waals surface area contributed by atoms with Gasteiger partial charge in [0.05, 0.1) is 19.7 Å². The van der Waals surface area contributed by atoms with Crippen LogP contribution in [-0.4, -0.2) is 49.5 Å². The number of hydrogen-bond donors (Lipinski definition) is 2. The van der Waals surface area contributed by atoms with Crippen molar-refractivity contribution in [3.05, 3.63) is 30.3 Å². The number of para-hydroxylation sites is 1. The van der Waals surface area contributed by atoms with Gasteiger partial charge in [0.1, 0.15) is 5.75 Å². The average Bonchev–Trinajstić information content (AvgIpc) is 2.59. The number of nitrogens with two attached hydrogens (primary N) is 1. The molecule has 1 saturated heterocycles. The number of likely N-dealkylation sites (tertiary alicyclic amines) is 1. The highest BCUT2D eigenvalue weighted by molar-refractivity contribution is 5.85. The summed E-state index contributed by atoms with van der Waals surface area (Å²) in [6, 6.07) is 9.75. The number of amides is 2. The average molecular weight is 305 g/mol. The second-order valence-corrected chi connectivity index (χ2v) is 5.43. The zero-order chi connectivity index (χ0) is 15.8. The van der Waals surface area contributed by atoms with Crippen molar-refractivity contribution in [3.63, 3.8) is 0 Å². The van der Waals surface area contributed by atoms with Crippen LogP contribution in [0.25, 0.3) is 0 Å². The van der Waals surface area contributed by atoms with Crippen LogP contribution < -0.4 is 15.8 Å². The van der Waals surface area contributed by atoms with Crippen LogP contribution in [0.1, 0.15) is 12.8 Å². The quantitative estimate of drug-likeness (QED) is 0.796. The Morgan fingerprint density at radius 2 is 1.91 bits per heavy atom. The van der Waals surface area contributed by atoms with Crippen LogP contribution in [0.5, 0.6) is 5.75 Å². The predicted octanol–water partition coefficient (Wildman–Crippen LogP) is 0.379. The SMILES string of the molecule is NCC(=O)NCC(=O)N1CCC(COc2ccccc2)CC1. The van der Waals surface area contributed by atoms with Gasteiger partial charge in [0.25, 0.3) is 0 Å². The molecule has 3 N–H and O–H groups in total. The van der Waals surface area contributed by atoms with E-state index in [4.69, 9.17) is 10.5 Å². The number of rotatable bonds is 6. The molecular formula is C16H23N3O3. The number of carbonyl (C=O) groups excluding carboxylic acids is 2. The molecule has 1 aromatic rings. The van der Waals surface area contributed by atoms with Crippen LogP contribution in [0, 0.1) is 5.92 Å². The van der Waals surface area contributed by atoms with Gasteiger partial charge in [0, 0.05) is 13.1 Å². The fraction of sp³-hybridized carbons (Fsp3) is 0.500. The molecule has 0 aliphatic carbocycles. The molecule has 2 rings (SSSR count). The van der Waals surface area contributed by atoms with E-state index in [9.17, 15) is 9.59 Å². The number of benzene rings is 1. The van der Waals surface area contributed by atoms with Crippen LogP contribution >= 0.6 is 0 Å². The molecule has 1 heterocycles. The molecule has 2 amide bonds. The first-order chi connectivity index (χ1) is 10.7. The summed E-state index contributed by atoms with van der Waals surface area (Å²) in [5, 5.41) is 2.51. The molecular weight excluding hydrogens is 282 g/mol. The van der Waals surface area contributed by atoms with Crippen molar-refractivity contribution in [2.45, 2.75) is 12.8 Å². The molecule has 1 fully saturated rings. The molecule has 6 nitrogen and oxygen atoms in total. The molecule has 1 aliphatic rings. The Hall–Kier alpha value is -2.08. The van der Waals surface area contributed by atoms with E-state index >= 15 is 0 Å². The summed E-state index contributed by atoms with van der Waals surface area (Å²) in [5.41, 5.74) is 5.19. The summed E-state index contributed by atoms with van der Waals surface area (Å²) in [5.74, 6) is 0.983. The minimum atomic E-state index is -0.306. The highest BCUT2D eigenvalue weighted by atomic mass is 16.5. The third kappa shape index (κ3) is 5.04. The summed E-state index contributed by atoms with van der Waals surface area (Å²) >= 11 is 0. The summed E-state index contributed by atoms with van der Waals surface area (Å²) in [4.78, 5) is 24.8. The van der Waals surface area contributed by atoms with Gasteiger partial charge in [-0.15, -0.1) is 0 Å². The predicted molar refractivity (Wildman–Crippen MR) is 83.3 cm³/mol. The van der Waals surface area contributed by atoms with Gasteiger partial charge >= 0.3 is 0 Å². The largest absolute Gasteiger partial charge is 0.493 e. The molecule has 1 aliphatic heterocycles. The smallest absolute Gasteiger partial charge is 0.241 e. The minimum absolute atomic E-state index is 0.0290. The first-order valence-electron chi connectivity index (χ1n) is 7.61. The first-order valence-corrected chi connectivity index (χ1v) is 7.61. The van der Waals surface area contributed by atoms with Gasteiger partial charge in [-0.05, 0) is 30.9 Å². The van der Waals surface area contributed by atoms with Gasteiger partial charge < -0.3 is 20.7 Å². The monoisotopic (exact) mass is 305 g/mol. The lowest BCUT2D eigenvalue weighted by atomic mass is 9.98. The fourth-order valence-electron chi connectivity index (χ4n) is 2.44. The van der Waals surface area contributed by atoms with Crippen molar-refractivity contribution in [2.24, 2.45) is 11.7 Å². The second kappa shape index (κ2) is 8.38. The van der Waals surface area contributed by atoms with Crippen molar-refractivity contribution < 1.29 is 14.3 Å². The molecule has 0 atom stereocenters. The zero-order valence-corrected chi connectivity index (χ0v) is 12.7. The van der Waals surface area contributed by atoms with Crippen molar-refractivity contribution >= 4 is 11.8 Å². The van der Waals surface area contributed by atoms with E-state index in [1.165, 1.54) is 0 Å². The molecule has 0 aromatic heterocycles. The molecule has 120 valence electrons. The Morgan fingerprint density at radius 3 is 2.55 bits per heavy atom. The number of hydrogen-bond acceptors (Lipinski definition) is 4. The fourth-order valence-corrected chi connectivity index (χ4v) is 2.44. The number of nitrogens with one attached hydrogen (secondary N) is 1. The maximum Gasteiger partial charge on any atom is 0.241 e. The van der Waals surface area contributed by atoms with Crippen molar-refractivity contribution in [1.82, 2.24) is 10.2 Å². The van der Waals surface area contributed by atoms with E-state index in [-0.39, 0.29) is 24.9 Å². The van der Waals surface area contributed by atoms with Gasteiger partial charge in [0.15, 0.2) is 0 Å². The van der Waals surface area contributed by atoms with Crippen LogP contribution in [0.4, 0.5) is 0 Å². The minimum Gasteiger partial charge on any atom is -0.493 e. The highest BCUT2D eigenvalue weighted by Gasteiger charge is 2.23. The lowest BCUT2D eigenvalue weighted by Gasteiger charge is -2.32. The highest BCUT2D eigenvalue weighted by Crippen LogP contribution is 2.19. The Bertz CT molecular complexity index is 485. The second-order valence-electron chi connectivity index (χ2n) is 5.43. The molecule has 0 saturated carbocycles. The van der Waals surface area contributed by atoms with Crippen LogP contribution in [-0.2, 0) is 9.59 Å². The lowest BCUT2D eigenvalue weighted by molar-refractivity contribution is -0.133. The first kappa shape index (κ1) is 16.3. The third-order valence-electron chi connectivity index (χ3n) is 3.82. The number of carbonyl (C=O) groups is 2. The molecule has 0 radical (unpaired) electrons. The summed E-state index contributed by atoms with van der Waals surface area (Å²) in [6.45, 7) is 2.03. The van der Waals surface area contributed by atoms with Crippen molar-refractivity contribution in [2.75, 3.05) is 32.8 Å². The van der Waals surface area contributed by atoms with Gasteiger partial charge in [-0.25, -0.2) is 0 Å². The Morgan fingerprint density at radius 1 is 1.23 bits per heavy atom.